The number of hydrogen-bond acceptors (Lipinski definition) is 4. The molecule has 0 radical (unpaired) electrons. The van der Waals surface area contributed by atoms with E-state index in [9.17, 15) is 0 Å². The Morgan fingerprint density at radius 1 is 0.370 bits per heavy atom. The summed E-state index contributed by atoms with van der Waals surface area (Å²) in [6.07, 6.45) is 43.3. The van der Waals surface area contributed by atoms with Crippen LogP contribution in [0.4, 0.5) is 0 Å². The minimum atomic E-state index is 0.190. The summed E-state index contributed by atoms with van der Waals surface area (Å²) < 4.78 is 12.5. The van der Waals surface area contributed by atoms with Crippen LogP contribution in [0.25, 0.3) is 0 Å². The van der Waals surface area contributed by atoms with E-state index >= 15 is 0 Å². The first-order valence-electron chi connectivity index (χ1n) is 21.5. The van der Waals surface area contributed by atoms with Crippen molar-refractivity contribution in [3.05, 3.63) is 0 Å². The molecule has 1 atom stereocenters. The van der Waals surface area contributed by atoms with Gasteiger partial charge >= 0.3 is 0 Å². The Labute approximate surface area is 291 Å². The van der Waals surface area contributed by atoms with Crippen molar-refractivity contribution in [2.45, 2.75) is 226 Å². The Kier molecular flexibility index (Phi) is 42.7. The number of ether oxygens (including phenoxy) is 2. The third-order valence-electron chi connectivity index (χ3n) is 9.63. The van der Waals surface area contributed by atoms with Crippen molar-refractivity contribution in [1.82, 2.24) is 10.6 Å². The van der Waals surface area contributed by atoms with Crippen LogP contribution in [0.3, 0.4) is 0 Å². The Balaban J connectivity index is 3.81. The molecule has 2 N–H and O–H groups in total. The van der Waals surface area contributed by atoms with E-state index in [2.05, 4.69) is 31.4 Å². The van der Waals surface area contributed by atoms with E-state index < -0.39 is 0 Å². The molecule has 4 heteroatoms. The molecule has 0 heterocycles. The van der Waals surface area contributed by atoms with E-state index in [0.717, 1.165) is 46.0 Å². The SMILES string of the molecule is CCCCCCCCCCCCCCCCOCC(CNCCCCCNCC)OCCCCCCCCCCCCCCCC. The molecule has 4 nitrogen and oxygen atoms in total. The molecule has 0 aliphatic carbocycles. The van der Waals surface area contributed by atoms with Crippen molar-refractivity contribution in [1.29, 1.82) is 0 Å². The van der Waals surface area contributed by atoms with Crippen LogP contribution in [0.5, 0.6) is 0 Å². The lowest BCUT2D eigenvalue weighted by atomic mass is 10.0. The van der Waals surface area contributed by atoms with Gasteiger partial charge in [-0.25, -0.2) is 0 Å². The average Bonchev–Trinajstić information content (AvgIpc) is 3.07. The Morgan fingerprint density at radius 2 is 0.717 bits per heavy atom. The van der Waals surface area contributed by atoms with Crippen LogP contribution in [-0.2, 0) is 9.47 Å². The second-order valence-electron chi connectivity index (χ2n) is 14.4. The van der Waals surface area contributed by atoms with Crippen molar-refractivity contribution in [3.8, 4) is 0 Å². The number of hydrogen-bond donors (Lipinski definition) is 2. The van der Waals surface area contributed by atoms with E-state index in [4.69, 9.17) is 9.47 Å². The minimum absolute atomic E-state index is 0.190. The molecule has 0 aliphatic heterocycles. The first-order valence-corrected chi connectivity index (χ1v) is 21.5. The highest BCUT2D eigenvalue weighted by Gasteiger charge is 2.09. The van der Waals surface area contributed by atoms with Gasteiger partial charge in [-0.15, -0.1) is 0 Å². The molecular formula is C42H88N2O2. The maximum absolute atomic E-state index is 6.34. The summed E-state index contributed by atoms with van der Waals surface area (Å²) in [7, 11) is 0. The summed E-state index contributed by atoms with van der Waals surface area (Å²) in [5.74, 6) is 0. The van der Waals surface area contributed by atoms with Gasteiger partial charge in [0.05, 0.1) is 12.7 Å². The standard InChI is InChI=1S/C42H88N2O2/c1-4-7-9-11-13-15-17-19-21-23-25-27-29-34-38-45-41-42(40-44-37-33-31-32-36-43-6-3)46-39-35-30-28-26-24-22-20-18-16-14-12-10-8-5-2/h42-44H,4-41H2,1-3H3. The monoisotopic (exact) mass is 653 g/mol. The highest BCUT2D eigenvalue weighted by atomic mass is 16.5. The number of unbranched alkanes of at least 4 members (excludes halogenated alkanes) is 28. The van der Waals surface area contributed by atoms with Crippen LogP contribution in [0, 0.1) is 0 Å². The average molecular weight is 653 g/mol. The molecule has 0 aromatic heterocycles. The van der Waals surface area contributed by atoms with Gasteiger partial charge in [0, 0.05) is 19.8 Å². The molecule has 0 spiro atoms. The van der Waals surface area contributed by atoms with Crippen molar-refractivity contribution >= 4 is 0 Å². The van der Waals surface area contributed by atoms with Crippen molar-refractivity contribution in [2.75, 3.05) is 46.0 Å². The lowest BCUT2D eigenvalue weighted by Crippen LogP contribution is -2.34. The van der Waals surface area contributed by atoms with Crippen molar-refractivity contribution in [2.24, 2.45) is 0 Å². The normalized spacial score (nSPS) is 12.3. The maximum atomic E-state index is 6.34. The van der Waals surface area contributed by atoms with Gasteiger partial charge in [-0.1, -0.05) is 194 Å². The zero-order valence-electron chi connectivity index (χ0n) is 32.3. The van der Waals surface area contributed by atoms with E-state index in [1.165, 1.54) is 199 Å². The van der Waals surface area contributed by atoms with Gasteiger partial charge in [0.1, 0.15) is 0 Å². The molecule has 0 bridgehead atoms. The van der Waals surface area contributed by atoms with E-state index in [-0.39, 0.29) is 6.10 Å². The second-order valence-corrected chi connectivity index (χ2v) is 14.4. The van der Waals surface area contributed by atoms with Crippen molar-refractivity contribution in [3.63, 3.8) is 0 Å². The summed E-state index contributed by atoms with van der Waals surface area (Å²) in [6.45, 7) is 13.5. The summed E-state index contributed by atoms with van der Waals surface area (Å²) in [4.78, 5) is 0. The van der Waals surface area contributed by atoms with Crippen LogP contribution in [0.1, 0.15) is 220 Å². The van der Waals surface area contributed by atoms with Crippen LogP contribution < -0.4 is 10.6 Å². The van der Waals surface area contributed by atoms with Gasteiger partial charge in [0.15, 0.2) is 0 Å². The number of nitrogens with one attached hydrogen (secondary N) is 2. The molecule has 0 saturated carbocycles. The molecule has 0 rings (SSSR count). The first kappa shape index (κ1) is 45.8. The van der Waals surface area contributed by atoms with Crippen LogP contribution in [-0.4, -0.2) is 52.1 Å². The van der Waals surface area contributed by atoms with Crippen LogP contribution in [0.2, 0.25) is 0 Å². The fourth-order valence-electron chi connectivity index (χ4n) is 6.44. The maximum Gasteiger partial charge on any atom is 0.0932 e. The lowest BCUT2D eigenvalue weighted by molar-refractivity contribution is -0.0175. The summed E-state index contributed by atoms with van der Waals surface area (Å²) in [5, 5.41) is 7.08. The van der Waals surface area contributed by atoms with Crippen LogP contribution >= 0.6 is 0 Å². The second kappa shape index (κ2) is 42.9. The van der Waals surface area contributed by atoms with Crippen LogP contribution in [0.15, 0.2) is 0 Å². The lowest BCUT2D eigenvalue weighted by Gasteiger charge is -2.19. The molecule has 0 aliphatic rings. The fraction of sp³-hybridized carbons (Fsp3) is 1.00. The van der Waals surface area contributed by atoms with Gasteiger partial charge in [-0.05, 0) is 45.3 Å². The largest absolute Gasteiger partial charge is 0.379 e. The van der Waals surface area contributed by atoms with Gasteiger partial charge in [-0.3, -0.25) is 0 Å². The third kappa shape index (κ3) is 40.0. The molecule has 0 saturated heterocycles. The molecule has 46 heavy (non-hydrogen) atoms. The molecule has 0 aromatic rings. The molecule has 0 fully saturated rings. The molecular weight excluding hydrogens is 564 g/mol. The molecule has 0 amide bonds. The Bertz CT molecular complexity index is 518. The molecule has 1 unspecified atom stereocenters. The molecule has 278 valence electrons. The van der Waals surface area contributed by atoms with Crippen molar-refractivity contribution < 1.29 is 9.47 Å². The predicted molar refractivity (Wildman–Crippen MR) is 206 cm³/mol. The highest BCUT2D eigenvalue weighted by Crippen LogP contribution is 2.14. The highest BCUT2D eigenvalue weighted by molar-refractivity contribution is 4.63. The Morgan fingerprint density at radius 3 is 1.13 bits per heavy atom. The number of rotatable bonds is 42. The third-order valence-corrected chi connectivity index (χ3v) is 9.63. The van der Waals surface area contributed by atoms with Gasteiger partial charge in [-0.2, -0.15) is 0 Å². The zero-order chi connectivity index (χ0) is 33.3. The van der Waals surface area contributed by atoms with Gasteiger partial charge in [0.25, 0.3) is 0 Å². The summed E-state index contributed by atoms with van der Waals surface area (Å²) in [6, 6.07) is 0. The first-order chi connectivity index (χ1) is 22.8. The minimum Gasteiger partial charge on any atom is -0.379 e. The van der Waals surface area contributed by atoms with E-state index in [1.807, 2.05) is 0 Å². The summed E-state index contributed by atoms with van der Waals surface area (Å²) >= 11 is 0. The van der Waals surface area contributed by atoms with Gasteiger partial charge < -0.3 is 20.1 Å². The predicted octanol–water partition coefficient (Wildman–Crippen LogP) is 12.7. The van der Waals surface area contributed by atoms with E-state index in [0.29, 0.717) is 0 Å². The zero-order valence-corrected chi connectivity index (χ0v) is 32.3. The summed E-state index contributed by atoms with van der Waals surface area (Å²) in [5.41, 5.74) is 0. The Hall–Kier alpha value is -0.160. The van der Waals surface area contributed by atoms with E-state index in [1.54, 1.807) is 0 Å². The smallest absolute Gasteiger partial charge is 0.0932 e. The van der Waals surface area contributed by atoms with Gasteiger partial charge in [0.2, 0.25) is 0 Å². The quantitative estimate of drug-likeness (QED) is 0.0644. The fourth-order valence-corrected chi connectivity index (χ4v) is 6.44. The molecule has 0 aromatic carbocycles. The topological polar surface area (TPSA) is 42.5 Å².